The molecule has 2 rings (SSSR count). The van der Waals surface area contributed by atoms with Crippen LogP contribution in [0.15, 0.2) is 24.5 Å². The van der Waals surface area contributed by atoms with Crippen LogP contribution in [0.1, 0.15) is 35.9 Å². The SMILES string of the molecule is CCCNCc1c(C)nn(CCc2cccnc2)c1C. The van der Waals surface area contributed by atoms with Crippen LogP contribution in [-0.2, 0) is 19.5 Å². The van der Waals surface area contributed by atoms with E-state index in [1.54, 1.807) is 0 Å². The molecule has 0 aliphatic carbocycles. The van der Waals surface area contributed by atoms with E-state index in [1.165, 1.54) is 16.8 Å². The van der Waals surface area contributed by atoms with Crippen molar-refractivity contribution >= 4 is 0 Å². The number of hydrogen-bond donors (Lipinski definition) is 1. The third-order valence-electron chi connectivity index (χ3n) is 3.59. The molecule has 2 aromatic rings. The van der Waals surface area contributed by atoms with E-state index in [2.05, 4.69) is 46.9 Å². The predicted octanol–water partition coefficient (Wildman–Crippen LogP) is 2.64. The van der Waals surface area contributed by atoms with Gasteiger partial charge in [0.15, 0.2) is 0 Å². The van der Waals surface area contributed by atoms with Gasteiger partial charge in [0.25, 0.3) is 0 Å². The second kappa shape index (κ2) is 7.20. The van der Waals surface area contributed by atoms with Gasteiger partial charge in [0, 0.05) is 36.7 Å². The first kappa shape index (κ1) is 14.7. The van der Waals surface area contributed by atoms with Crippen molar-refractivity contribution in [2.24, 2.45) is 0 Å². The van der Waals surface area contributed by atoms with Gasteiger partial charge in [-0.2, -0.15) is 5.10 Å². The molecule has 20 heavy (non-hydrogen) atoms. The predicted molar refractivity (Wildman–Crippen MR) is 81.6 cm³/mol. The third-order valence-corrected chi connectivity index (χ3v) is 3.59. The number of nitrogens with zero attached hydrogens (tertiary/aromatic N) is 3. The Bertz CT molecular complexity index is 531. The Labute approximate surface area is 121 Å². The van der Waals surface area contributed by atoms with Gasteiger partial charge in [0.1, 0.15) is 0 Å². The van der Waals surface area contributed by atoms with Crippen molar-refractivity contribution in [3.63, 3.8) is 0 Å². The van der Waals surface area contributed by atoms with Gasteiger partial charge in [-0.25, -0.2) is 0 Å². The van der Waals surface area contributed by atoms with E-state index in [-0.39, 0.29) is 0 Å². The van der Waals surface area contributed by atoms with Crippen molar-refractivity contribution in [3.8, 4) is 0 Å². The van der Waals surface area contributed by atoms with Gasteiger partial charge < -0.3 is 5.32 Å². The van der Waals surface area contributed by atoms with Gasteiger partial charge in [0.2, 0.25) is 0 Å². The van der Waals surface area contributed by atoms with Gasteiger partial charge >= 0.3 is 0 Å². The highest BCUT2D eigenvalue weighted by Gasteiger charge is 2.10. The molecule has 108 valence electrons. The monoisotopic (exact) mass is 272 g/mol. The van der Waals surface area contributed by atoms with E-state index >= 15 is 0 Å². The molecule has 2 aromatic heterocycles. The maximum atomic E-state index is 4.66. The molecule has 0 aliphatic rings. The summed E-state index contributed by atoms with van der Waals surface area (Å²) in [4.78, 5) is 4.15. The molecule has 0 fully saturated rings. The van der Waals surface area contributed by atoms with Gasteiger partial charge in [-0.05, 0) is 44.9 Å². The van der Waals surface area contributed by atoms with E-state index in [0.29, 0.717) is 0 Å². The third kappa shape index (κ3) is 3.67. The minimum absolute atomic E-state index is 0.909. The molecular weight excluding hydrogens is 248 g/mol. The van der Waals surface area contributed by atoms with Gasteiger partial charge in [-0.3, -0.25) is 9.67 Å². The topological polar surface area (TPSA) is 42.7 Å². The Morgan fingerprint density at radius 1 is 1.30 bits per heavy atom. The Morgan fingerprint density at radius 3 is 2.85 bits per heavy atom. The minimum atomic E-state index is 0.909. The van der Waals surface area contributed by atoms with Crippen molar-refractivity contribution in [2.45, 2.75) is 46.7 Å². The summed E-state index contributed by atoms with van der Waals surface area (Å²) in [6, 6.07) is 4.10. The fourth-order valence-corrected chi connectivity index (χ4v) is 2.38. The van der Waals surface area contributed by atoms with Gasteiger partial charge in [-0.15, -0.1) is 0 Å². The summed E-state index contributed by atoms with van der Waals surface area (Å²) in [6.45, 7) is 9.32. The lowest BCUT2D eigenvalue weighted by atomic mass is 10.2. The molecule has 4 nitrogen and oxygen atoms in total. The van der Waals surface area contributed by atoms with Crippen molar-refractivity contribution < 1.29 is 0 Å². The summed E-state index contributed by atoms with van der Waals surface area (Å²) in [7, 11) is 0. The summed E-state index contributed by atoms with van der Waals surface area (Å²) in [6.07, 6.45) is 5.87. The summed E-state index contributed by atoms with van der Waals surface area (Å²) in [5, 5.41) is 8.12. The maximum Gasteiger partial charge on any atom is 0.0641 e. The highest BCUT2D eigenvalue weighted by Crippen LogP contribution is 2.13. The van der Waals surface area contributed by atoms with Crippen molar-refractivity contribution in [2.75, 3.05) is 6.54 Å². The molecule has 0 atom stereocenters. The molecule has 0 aromatic carbocycles. The highest BCUT2D eigenvalue weighted by atomic mass is 15.3. The number of rotatable bonds is 7. The Balaban J connectivity index is 2.00. The molecule has 0 bridgehead atoms. The normalized spacial score (nSPS) is 10.9. The molecule has 0 saturated heterocycles. The van der Waals surface area contributed by atoms with E-state index in [1.807, 2.05) is 18.5 Å². The molecule has 0 spiro atoms. The quantitative estimate of drug-likeness (QED) is 0.788. The second-order valence-corrected chi connectivity index (χ2v) is 5.16. The first-order chi connectivity index (χ1) is 9.72. The number of nitrogens with one attached hydrogen (secondary N) is 1. The zero-order chi connectivity index (χ0) is 14.4. The maximum absolute atomic E-state index is 4.66. The van der Waals surface area contributed by atoms with Crippen LogP contribution in [0.5, 0.6) is 0 Å². The van der Waals surface area contributed by atoms with Crippen LogP contribution in [0.4, 0.5) is 0 Å². The van der Waals surface area contributed by atoms with Crippen molar-refractivity contribution in [1.29, 1.82) is 0 Å². The van der Waals surface area contributed by atoms with Crippen LogP contribution in [0, 0.1) is 13.8 Å². The molecule has 1 N–H and O–H groups in total. The van der Waals surface area contributed by atoms with E-state index < -0.39 is 0 Å². The van der Waals surface area contributed by atoms with E-state index in [0.717, 1.165) is 38.2 Å². The Kier molecular flexibility index (Phi) is 5.30. The highest BCUT2D eigenvalue weighted by molar-refractivity contribution is 5.24. The lowest BCUT2D eigenvalue weighted by molar-refractivity contribution is 0.591. The molecule has 0 radical (unpaired) electrons. The van der Waals surface area contributed by atoms with Crippen LogP contribution < -0.4 is 5.32 Å². The fraction of sp³-hybridized carbons (Fsp3) is 0.500. The summed E-state index contributed by atoms with van der Waals surface area (Å²) < 4.78 is 2.12. The van der Waals surface area contributed by atoms with Gasteiger partial charge in [-0.1, -0.05) is 13.0 Å². The zero-order valence-corrected chi connectivity index (χ0v) is 12.7. The number of hydrogen-bond acceptors (Lipinski definition) is 3. The molecule has 0 amide bonds. The first-order valence-corrected chi connectivity index (χ1v) is 7.35. The Hall–Kier alpha value is -1.68. The summed E-state index contributed by atoms with van der Waals surface area (Å²) >= 11 is 0. The smallest absolute Gasteiger partial charge is 0.0641 e. The molecular formula is C16H24N4. The summed E-state index contributed by atoms with van der Waals surface area (Å²) in [5.74, 6) is 0. The molecule has 0 unspecified atom stereocenters. The number of aryl methyl sites for hydroxylation is 3. The lowest BCUT2D eigenvalue weighted by Crippen LogP contribution is -2.15. The second-order valence-electron chi connectivity index (χ2n) is 5.16. The van der Waals surface area contributed by atoms with Crippen LogP contribution in [-0.4, -0.2) is 21.3 Å². The molecule has 4 heteroatoms. The molecule has 0 aliphatic heterocycles. The van der Waals surface area contributed by atoms with Crippen LogP contribution in [0.2, 0.25) is 0 Å². The van der Waals surface area contributed by atoms with E-state index in [9.17, 15) is 0 Å². The summed E-state index contributed by atoms with van der Waals surface area (Å²) in [5.41, 5.74) is 5.00. The fourth-order valence-electron chi connectivity index (χ4n) is 2.38. The van der Waals surface area contributed by atoms with Crippen molar-refractivity contribution in [1.82, 2.24) is 20.1 Å². The van der Waals surface area contributed by atoms with Crippen LogP contribution >= 0.6 is 0 Å². The molecule has 0 saturated carbocycles. The van der Waals surface area contributed by atoms with Crippen LogP contribution in [0.25, 0.3) is 0 Å². The first-order valence-electron chi connectivity index (χ1n) is 7.35. The average Bonchev–Trinajstić information content (AvgIpc) is 2.74. The molecule has 2 heterocycles. The largest absolute Gasteiger partial charge is 0.313 e. The average molecular weight is 272 g/mol. The standard InChI is InChI=1S/C16H24N4/c1-4-8-17-12-16-13(2)19-20(14(16)3)10-7-15-6-5-9-18-11-15/h5-6,9,11,17H,4,7-8,10,12H2,1-3H3. The Morgan fingerprint density at radius 2 is 2.15 bits per heavy atom. The number of aromatic nitrogens is 3. The number of pyridine rings is 1. The minimum Gasteiger partial charge on any atom is -0.313 e. The van der Waals surface area contributed by atoms with E-state index in [4.69, 9.17) is 0 Å². The lowest BCUT2D eigenvalue weighted by Gasteiger charge is -2.06. The van der Waals surface area contributed by atoms with Gasteiger partial charge in [0.05, 0.1) is 5.69 Å². The zero-order valence-electron chi connectivity index (χ0n) is 12.7. The van der Waals surface area contributed by atoms with Crippen LogP contribution in [0.3, 0.4) is 0 Å². The van der Waals surface area contributed by atoms with Crippen molar-refractivity contribution in [3.05, 3.63) is 47.0 Å².